The van der Waals surface area contributed by atoms with Crippen LogP contribution in [0.3, 0.4) is 0 Å². The lowest BCUT2D eigenvalue weighted by atomic mass is 10.2. The van der Waals surface area contributed by atoms with Crippen LogP contribution in [-0.4, -0.2) is 50.2 Å². The van der Waals surface area contributed by atoms with Crippen molar-refractivity contribution in [3.63, 3.8) is 0 Å². The van der Waals surface area contributed by atoms with E-state index in [-0.39, 0.29) is 11.6 Å². The summed E-state index contributed by atoms with van der Waals surface area (Å²) in [7, 11) is 3.29. The summed E-state index contributed by atoms with van der Waals surface area (Å²) >= 11 is 1.44. The van der Waals surface area contributed by atoms with Crippen LogP contribution in [0.1, 0.15) is 22.3 Å². The van der Waals surface area contributed by atoms with Crippen LogP contribution in [-0.2, 0) is 11.8 Å². The second kappa shape index (κ2) is 7.80. The Balaban J connectivity index is 2.11. The van der Waals surface area contributed by atoms with Gasteiger partial charge in [0.15, 0.2) is 0 Å². The number of aromatic nitrogens is 5. The number of thiazole rings is 1. The third-order valence-corrected chi connectivity index (χ3v) is 4.70. The summed E-state index contributed by atoms with van der Waals surface area (Å²) in [6.45, 7) is 4.02. The van der Waals surface area contributed by atoms with Crippen LogP contribution in [0.2, 0.25) is 0 Å². The van der Waals surface area contributed by atoms with Crippen LogP contribution in [0.5, 0.6) is 0 Å². The smallest absolute Gasteiger partial charge is 0.284 e. The maximum absolute atomic E-state index is 12.9. The molecule has 27 heavy (non-hydrogen) atoms. The molecule has 1 atom stereocenters. The third-order valence-electron chi connectivity index (χ3n) is 3.76. The number of nitrogens with one attached hydrogen (secondary N) is 1. The summed E-state index contributed by atoms with van der Waals surface area (Å²) in [6, 6.07) is 1.26. The lowest BCUT2D eigenvalue weighted by molar-refractivity contribution is 0.0903. The minimum Gasteiger partial charge on any atom is -0.383 e. The molecule has 9 nitrogen and oxygen atoms in total. The molecule has 3 rings (SSSR count). The van der Waals surface area contributed by atoms with Gasteiger partial charge in [-0.15, -0.1) is 11.3 Å². The van der Waals surface area contributed by atoms with E-state index in [1.165, 1.54) is 28.3 Å². The van der Waals surface area contributed by atoms with Gasteiger partial charge in [0.1, 0.15) is 16.9 Å². The maximum atomic E-state index is 12.9. The molecule has 0 aliphatic carbocycles. The fourth-order valence-corrected chi connectivity index (χ4v) is 3.28. The highest BCUT2D eigenvalue weighted by atomic mass is 32.1. The van der Waals surface area contributed by atoms with Gasteiger partial charge in [-0.25, -0.2) is 4.98 Å². The molecular formula is C17H20N6O3S. The number of ether oxygens (including phenoxy) is 1. The van der Waals surface area contributed by atoms with Crippen LogP contribution < -0.4 is 10.9 Å². The Kier molecular flexibility index (Phi) is 5.47. The molecule has 3 aromatic rings. The summed E-state index contributed by atoms with van der Waals surface area (Å²) < 4.78 is 7.78. The van der Waals surface area contributed by atoms with Crippen molar-refractivity contribution in [1.82, 2.24) is 29.9 Å². The summed E-state index contributed by atoms with van der Waals surface area (Å²) in [5.74, 6) is -0.480. The van der Waals surface area contributed by atoms with Crippen LogP contribution in [0.25, 0.3) is 16.3 Å². The molecule has 0 saturated carbocycles. The van der Waals surface area contributed by atoms with Crippen molar-refractivity contribution >= 4 is 17.2 Å². The van der Waals surface area contributed by atoms with Crippen molar-refractivity contribution in [3.8, 4) is 16.3 Å². The van der Waals surface area contributed by atoms with Gasteiger partial charge in [-0.2, -0.15) is 14.9 Å². The average molecular weight is 388 g/mol. The molecule has 0 unspecified atom stereocenters. The first-order valence-electron chi connectivity index (χ1n) is 8.25. The second-order valence-corrected chi connectivity index (χ2v) is 7.34. The number of hydrogen-bond acceptors (Lipinski definition) is 7. The fourth-order valence-electron chi connectivity index (χ4n) is 2.54. The lowest BCUT2D eigenvalue weighted by Gasteiger charge is -2.13. The van der Waals surface area contributed by atoms with Crippen LogP contribution in [0.15, 0.2) is 29.5 Å². The van der Waals surface area contributed by atoms with Crippen LogP contribution in [0, 0.1) is 6.92 Å². The summed E-state index contributed by atoms with van der Waals surface area (Å²) in [6.07, 6.45) is 4.85. The van der Waals surface area contributed by atoms with Crippen molar-refractivity contribution in [1.29, 1.82) is 0 Å². The molecule has 3 aromatic heterocycles. The molecule has 0 saturated heterocycles. The minimum atomic E-state index is -0.518. The zero-order chi connectivity index (χ0) is 19.6. The molecule has 0 radical (unpaired) electrons. The standard InChI is InChI=1S/C17H20N6O3S/c1-10(9-26-4)20-16(24)13-5-14(15-7-18-11(2)27-15)21-23(17(13)25)12-6-19-22(3)8-12/h5-8,10H,9H2,1-4H3,(H,20,24)/t10-/m0/s1. The van der Waals surface area contributed by atoms with E-state index in [0.29, 0.717) is 18.0 Å². The van der Waals surface area contributed by atoms with E-state index in [0.717, 1.165) is 9.88 Å². The number of carbonyl (C=O) groups is 1. The van der Waals surface area contributed by atoms with E-state index in [4.69, 9.17) is 4.74 Å². The zero-order valence-corrected chi connectivity index (χ0v) is 16.3. The Bertz CT molecular complexity index is 1020. The topological polar surface area (TPSA) is 104 Å². The number of hydrogen-bond donors (Lipinski definition) is 1. The molecule has 0 aromatic carbocycles. The van der Waals surface area contributed by atoms with E-state index < -0.39 is 11.5 Å². The van der Waals surface area contributed by atoms with E-state index in [1.807, 2.05) is 6.92 Å². The van der Waals surface area contributed by atoms with Gasteiger partial charge in [-0.3, -0.25) is 14.3 Å². The van der Waals surface area contributed by atoms with Crippen molar-refractivity contribution in [2.45, 2.75) is 19.9 Å². The summed E-state index contributed by atoms with van der Waals surface area (Å²) in [5.41, 5.74) is 0.450. The highest BCUT2D eigenvalue weighted by molar-refractivity contribution is 7.15. The van der Waals surface area contributed by atoms with Gasteiger partial charge in [-0.05, 0) is 19.9 Å². The van der Waals surface area contributed by atoms with Gasteiger partial charge < -0.3 is 10.1 Å². The van der Waals surface area contributed by atoms with Gasteiger partial charge in [0, 0.05) is 26.4 Å². The van der Waals surface area contributed by atoms with Crippen molar-refractivity contribution < 1.29 is 9.53 Å². The molecular weight excluding hydrogens is 368 g/mol. The lowest BCUT2D eigenvalue weighted by Crippen LogP contribution is -2.39. The molecule has 0 fully saturated rings. The van der Waals surface area contributed by atoms with E-state index in [2.05, 4.69) is 20.5 Å². The first kappa shape index (κ1) is 18.9. The first-order chi connectivity index (χ1) is 12.9. The second-order valence-electron chi connectivity index (χ2n) is 6.11. The molecule has 0 aliphatic heterocycles. The minimum absolute atomic E-state index is 0.00198. The molecule has 3 heterocycles. The van der Waals surface area contributed by atoms with Crippen molar-refractivity contribution in [2.75, 3.05) is 13.7 Å². The van der Waals surface area contributed by atoms with Gasteiger partial charge >= 0.3 is 0 Å². The number of amides is 1. The highest BCUT2D eigenvalue weighted by Crippen LogP contribution is 2.24. The largest absolute Gasteiger partial charge is 0.383 e. The number of aryl methyl sites for hydroxylation is 2. The van der Waals surface area contributed by atoms with Crippen LogP contribution in [0.4, 0.5) is 0 Å². The van der Waals surface area contributed by atoms with Crippen molar-refractivity contribution in [3.05, 3.63) is 45.6 Å². The first-order valence-corrected chi connectivity index (χ1v) is 9.06. The molecule has 0 spiro atoms. The van der Waals surface area contributed by atoms with Crippen LogP contribution >= 0.6 is 11.3 Å². The number of rotatable bonds is 6. The normalized spacial score (nSPS) is 12.1. The Labute approximate surface area is 159 Å². The SMILES string of the molecule is COC[C@H](C)NC(=O)c1cc(-c2cnc(C)s2)nn(-c2cnn(C)c2)c1=O. The zero-order valence-electron chi connectivity index (χ0n) is 15.5. The third kappa shape index (κ3) is 4.12. The molecule has 142 valence electrons. The Morgan fingerprint density at radius 1 is 1.41 bits per heavy atom. The highest BCUT2D eigenvalue weighted by Gasteiger charge is 2.20. The van der Waals surface area contributed by atoms with Gasteiger partial charge in [0.05, 0.1) is 28.9 Å². The Hall–Kier alpha value is -2.85. The monoisotopic (exact) mass is 388 g/mol. The fraction of sp³-hybridized carbons (Fsp3) is 0.353. The quantitative estimate of drug-likeness (QED) is 0.680. The number of carbonyl (C=O) groups excluding carboxylic acids is 1. The van der Waals surface area contributed by atoms with Crippen molar-refractivity contribution in [2.24, 2.45) is 7.05 Å². The summed E-state index contributed by atoms with van der Waals surface area (Å²) in [4.78, 5) is 30.6. The van der Waals surface area contributed by atoms with Gasteiger partial charge in [0.2, 0.25) is 0 Å². The Morgan fingerprint density at radius 2 is 2.19 bits per heavy atom. The summed E-state index contributed by atoms with van der Waals surface area (Å²) in [5, 5.41) is 12.1. The number of methoxy groups -OCH3 is 1. The molecule has 10 heteroatoms. The average Bonchev–Trinajstić information content (AvgIpc) is 3.23. The van der Waals surface area contributed by atoms with Gasteiger partial charge in [-0.1, -0.05) is 0 Å². The van der Waals surface area contributed by atoms with E-state index in [1.54, 1.807) is 38.2 Å². The number of nitrogens with zero attached hydrogens (tertiary/aromatic N) is 5. The molecule has 1 amide bonds. The van der Waals surface area contributed by atoms with E-state index >= 15 is 0 Å². The predicted molar refractivity (Wildman–Crippen MR) is 101 cm³/mol. The Morgan fingerprint density at radius 3 is 2.78 bits per heavy atom. The predicted octanol–water partition coefficient (Wildman–Crippen LogP) is 1.16. The molecule has 1 N–H and O–H groups in total. The molecule has 0 bridgehead atoms. The molecule has 0 aliphatic rings. The van der Waals surface area contributed by atoms with Gasteiger partial charge in [0.25, 0.3) is 11.5 Å². The maximum Gasteiger partial charge on any atom is 0.284 e. The van der Waals surface area contributed by atoms with E-state index in [9.17, 15) is 9.59 Å².